The molecule has 0 aliphatic carbocycles. The van der Waals surface area contributed by atoms with Crippen molar-refractivity contribution in [3.63, 3.8) is 0 Å². The van der Waals surface area contributed by atoms with Gasteiger partial charge in [-0.25, -0.2) is 0 Å². The van der Waals surface area contributed by atoms with Gasteiger partial charge in [-0.05, 0) is 68.4 Å². The lowest BCUT2D eigenvalue weighted by Gasteiger charge is -2.37. The van der Waals surface area contributed by atoms with Gasteiger partial charge in [0.2, 0.25) is 5.91 Å². The number of likely N-dealkylation sites (tertiary alicyclic amines) is 1. The molecule has 2 amide bonds. The zero-order chi connectivity index (χ0) is 29.2. The number of amides is 2. The number of benzene rings is 2. The van der Waals surface area contributed by atoms with E-state index in [0.717, 1.165) is 42.1 Å². The summed E-state index contributed by atoms with van der Waals surface area (Å²) in [5.41, 5.74) is 0.738. The number of fused-ring (bicyclic) bond motifs is 2. The van der Waals surface area contributed by atoms with Crippen LogP contribution in [0.25, 0.3) is 10.8 Å². The van der Waals surface area contributed by atoms with Crippen molar-refractivity contribution >= 4 is 46.0 Å². The predicted molar refractivity (Wildman–Crippen MR) is 164 cm³/mol. The molecule has 0 radical (unpaired) electrons. The minimum atomic E-state index is -0.754. The van der Waals surface area contributed by atoms with Crippen molar-refractivity contribution in [3.8, 4) is 0 Å². The van der Waals surface area contributed by atoms with Gasteiger partial charge in [-0.2, -0.15) is 0 Å². The highest BCUT2D eigenvalue weighted by atomic mass is 32.2. The molecule has 41 heavy (non-hydrogen) atoms. The second-order valence-corrected chi connectivity index (χ2v) is 13.5. The summed E-state index contributed by atoms with van der Waals surface area (Å²) >= 11 is 1.63. The van der Waals surface area contributed by atoms with Crippen molar-refractivity contribution < 1.29 is 24.2 Å². The van der Waals surface area contributed by atoms with E-state index in [4.69, 9.17) is 4.74 Å². The van der Waals surface area contributed by atoms with E-state index in [2.05, 4.69) is 13.2 Å². The van der Waals surface area contributed by atoms with E-state index in [1.165, 1.54) is 0 Å². The van der Waals surface area contributed by atoms with Gasteiger partial charge in [0.1, 0.15) is 6.04 Å². The van der Waals surface area contributed by atoms with E-state index in [1.807, 2.05) is 55.5 Å². The summed E-state index contributed by atoms with van der Waals surface area (Å²) in [7, 11) is 0. The quantitative estimate of drug-likeness (QED) is 0.202. The van der Waals surface area contributed by atoms with Gasteiger partial charge < -0.3 is 19.6 Å². The highest BCUT2D eigenvalue weighted by Crippen LogP contribution is 2.71. The number of hydrogen-bond donors (Lipinski definition) is 1. The second-order valence-electron chi connectivity index (χ2n) is 11.6. The van der Waals surface area contributed by atoms with E-state index < -0.39 is 27.4 Å². The maximum atomic E-state index is 14.7. The second kappa shape index (κ2) is 12.0. The monoisotopic (exact) mass is 576 g/mol. The number of carbonyl (C=O) groups is 3. The molecular weight excluding hydrogens is 536 g/mol. The first-order chi connectivity index (χ1) is 19.8. The van der Waals surface area contributed by atoms with Crippen LogP contribution < -0.4 is 4.90 Å². The smallest absolute Gasteiger partial charge is 0.311 e. The molecular formula is C33H40N2O5S. The van der Waals surface area contributed by atoms with Gasteiger partial charge >= 0.3 is 5.97 Å². The number of thioether (sulfide) groups is 1. The molecule has 5 rings (SSSR count). The first kappa shape index (κ1) is 29.4. The Morgan fingerprint density at radius 1 is 1.12 bits per heavy atom. The zero-order valence-electron chi connectivity index (χ0n) is 23.8. The Morgan fingerprint density at radius 3 is 2.63 bits per heavy atom. The number of unbranched alkanes of at least 4 members (excludes halogenated alkanes) is 2. The first-order valence-electron chi connectivity index (χ1n) is 14.6. The van der Waals surface area contributed by atoms with Crippen molar-refractivity contribution in [2.24, 2.45) is 11.8 Å². The molecule has 7 nitrogen and oxygen atoms in total. The summed E-state index contributed by atoms with van der Waals surface area (Å²) in [6.07, 6.45) is 7.79. The van der Waals surface area contributed by atoms with Gasteiger partial charge in [0, 0.05) is 30.1 Å². The molecule has 2 bridgehead atoms. The van der Waals surface area contributed by atoms with Crippen molar-refractivity contribution in [2.45, 2.75) is 61.0 Å². The topological polar surface area (TPSA) is 87.1 Å². The molecule has 3 aliphatic rings. The number of carbonyl (C=O) groups excluding carboxylic acids is 3. The SMILES string of the molecule is C=CCCCCOC(=O)[C@H]1[C@H]2C(=O)N(CCCO)C(C(=O)N(CC=C)c3ccc4ccccc4c3)C23CC[C@]1(C)S3. The molecule has 0 saturated carbocycles. The van der Waals surface area contributed by atoms with Crippen LogP contribution in [0.2, 0.25) is 0 Å². The molecule has 2 aromatic rings. The molecule has 5 atom stereocenters. The molecule has 0 aromatic heterocycles. The van der Waals surface area contributed by atoms with Crippen LogP contribution in [0.4, 0.5) is 5.69 Å². The van der Waals surface area contributed by atoms with Crippen LogP contribution in [0.1, 0.15) is 45.4 Å². The highest BCUT2D eigenvalue weighted by Gasteiger charge is 2.77. The lowest BCUT2D eigenvalue weighted by Crippen LogP contribution is -2.55. The Balaban J connectivity index is 1.49. The van der Waals surface area contributed by atoms with Crippen LogP contribution in [0.3, 0.4) is 0 Å². The predicted octanol–water partition coefficient (Wildman–Crippen LogP) is 5.12. The summed E-state index contributed by atoms with van der Waals surface area (Å²) < 4.78 is 4.53. The zero-order valence-corrected chi connectivity index (χ0v) is 24.6. The van der Waals surface area contributed by atoms with Crippen LogP contribution in [0.5, 0.6) is 0 Å². The fraction of sp³-hybridized carbons (Fsp3) is 0.485. The summed E-state index contributed by atoms with van der Waals surface area (Å²) in [6, 6.07) is 13.2. The molecule has 8 heteroatoms. The fourth-order valence-corrected chi connectivity index (χ4v) is 9.48. The van der Waals surface area contributed by atoms with Crippen LogP contribution >= 0.6 is 11.8 Å². The van der Waals surface area contributed by atoms with Crippen molar-refractivity contribution in [1.29, 1.82) is 0 Å². The Morgan fingerprint density at radius 2 is 1.90 bits per heavy atom. The minimum absolute atomic E-state index is 0.0928. The number of aliphatic hydroxyl groups excluding tert-OH is 1. The third-order valence-electron chi connectivity index (χ3n) is 8.99. The van der Waals surface area contributed by atoms with Gasteiger partial charge in [0.25, 0.3) is 5.91 Å². The van der Waals surface area contributed by atoms with Gasteiger partial charge in [-0.15, -0.1) is 24.9 Å². The largest absolute Gasteiger partial charge is 0.465 e. The summed E-state index contributed by atoms with van der Waals surface area (Å²) in [5, 5.41) is 11.7. The molecule has 3 heterocycles. The Kier molecular flexibility index (Phi) is 8.62. The number of aliphatic hydroxyl groups is 1. The number of allylic oxidation sites excluding steroid dienone is 1. The third-order valence-corrected chi connectivity index (χ3v) is 11.0. The molecule has 2 unspecified atom stereocenters. The summed E-state index contributed by atoms with van der Waals surface area (Å²) in [6.45, 7) is 10.4. The minimum Gasteiger partial charge on any atom is -0.465 e. The van der Waals surface area contributed by atoms with Crippen molar-refractivity contribution in [2.75, 3.05) is 31.2 Å². The average Bonchev–Trinajstić information content (AvgIpc) is 3.54. The maximum absolute atomic E-state index is 14.7. The number of ether oxygens (including phenoxy) is 1. The number of nitrogens with zero attached hydrogens (tertiary/aromatic N) is 2. The average molecular weight is 577 g/mol. The van der Waals surface area contributed by atoms with E-state index in [0.29, 0.717) is 19.4 Å². The first-order valence-corrected chi connectivity index (χ1v) is 15.4. The summed E-state index contributed by atoms with van der Waals surface area (Å²) in [5.74, 6) is -1.95. The van der Waals surface area contributed by atoms with Crippen LogP contribution in [-0.2, 0) is 19.1 Å². The van der Waals surface area contributed by atoms with E-state index >= 15 is 0 Å². The van der Waals surface area contributed by atoms with E-state index in [-0.39, 0.29) is 37.5 Å². The molecule has 3 fully saturated rings. The highest BCUT2D eigenvalue weighted by molar-refractivity contribution is 8.02. The maximum Gasteiger partial charge on any atom is 0.311 e. The Hall–Kier alpha value is -3.10. The van der Waals surface area contributed by atoms with E-state index in [1.54, 1.807) is 27.6 Å². The standard InChI is InChI=1S/C33H40N2O5S/c1-4-6-7-10-21-40-31(39)27-26-29(37)35(19-11-20-36)28(33(26)17-16-32(27,3)41-33)30(38)34(18-5-2)25-15-14-23-12-8-9-13-24(23)22-25/h4-5,8-9,12-15,22,26-28,36H,1-2,6-7,10-11,16-21H2,3H3/t26-,27+,28?,32-,33?/m0/s1. The number of rotatable bonds is 13. The van der Waals surface area contributed by atoms with Gasteiger partial charge in [-0.1, -0.05) is 42.5 Å². The number of esters is 1. The van der Waals surface area contributed by atoms with Gasteiger partial charge in [0.05, 0.1) is 23.2 Å². The number of hydrogen-bond acceptors (Lipinski definition) is 6. The molecule has 1 N–H and O–H groups in total. The van der Waals surface area contributed by atoms with Gasteiger partial charge in [-0.3, -0.25) is 14.4 Å². The molecule has 218 valence electrons. The van der Waals surface area contributed by atoms with Crippen molar-refractivity contribution in [1.82, 2.24) is 4.90 Å². The lowest BCUT2D eigenvalue weighted by molar-refractivity contribution is -0.155. The Bertz CT molecular complexity index is 1350. The van der Waals surface area contributed by atoms with Crippen LogP contribution in [-0.4, -0.2) is 69.6 Å². The molecule has 2 aromatic carbocycles. The normalized spacial score (nSPS) is 28.1. The number of anilines is 1. The molecule has 1 spiro atoms. The Labute approximate surface area is 246 Å². The van der Waals surface area contributed by atoms with Crippen molar-refractivity contribution in [3.05, 3.63) is 67.8 Å². The fourth-order valence-electron chi connectivity index (χ4n) is 7.14. The molecule has 3 saturated heterocycles. The van der Waals surface area contributed by atoms with Gasteiger partial charge in [0.15, 0.2) is 0 Å². The third kappa shape index (κ3) is 5.10. The molecule has 3 aliphatic heterocycles. The van der Waals surface area contributed by atoms with Crippen LogP contribution in [0.15, 0.2) is 67.8 Å². The summed E-state index contributed by atoms with van der Waals surface area (Å²) in [4.78, 5) is 45.7. The lowest BCUT2D eigenvalue weighted by atomic mass is 9.66. The van der Waals surface area contributed by atoms with E-state index in [9.17, 15) is 19.5 Å². The van der Waals surface area contributed by atoms with Crippen LogP contribution in [0, 0.1) is 11.8 Å².